The van der Waals surface area contributed by atoms with Crippen molar-refractivity contribution >= 4 is 11.6 Å². The molecule has 1 N–H and O–H groups in total. The van der Waals surface area contributed by atoms with Gasteiger partial charge in [-0.05, 0) is 31.4 Å². The Hall–Kier alpha value is -0.600. The normalized spacial score (nSPS) is 10.2. The molecule has 2 nitrogen and oxygen atoms in total. The van der Waals surface area contributed by atoms with Gasteiger partial charge >= 0.3 is 0 Å². The molecule has 1 rings (SSSR count). The second-order valence-electron chi connectivity index (χ2n) is 2.65. The van der Waals surface area contributed by atoms with Gasteiger partial charge in [0.05, 0.1) is 0 Å². The lowest BCUT2D eigenvalue weighted by Gasteiger charge is -1.98. The van der Waals surface area contributed by atoms with Crippen LogP contribution in [0.5, 0.6) is 0 Å². The summed E-state index contributed by atoms with van der Waals surface area (Å²) in [7, 11) is 0. The van der Waals surface area contributed by atoms with Crippen molar-refractivity contribution in [1.82, 2.24) is 4.98 Å². The summed E-state index contributed by atoms with van der Waals surface area (Å²) in [5.74, 6) is 0. The Morgan fingerprint density at radius 1 is 1.42 bits per heavy atom. The molecule has 1 aromatic heterocycles. The van der Waals surface area contributed by atoms with E-state index in [0.717, 1.165) is 30.0 Å². The van der Waals surface area contributed by atoms with Crippen molar-refractivity contribution in [3.8, 4) is 0 Å². The first-order valence-electron chi connectivity index (χ1n) is 4.04. The van der Waals surface area contributed by atoms with Crippen LogP contribution in [0.15, 0.2) is 18.3 Å². The number of nitrogens with zero attached hydrogens (tertiary/aromatic N) is 1. The molecule has 0 aliphatic rings. The molecule has 0 saturated heterocycles. The van der Waals surface area contributed by atoms with Gasteiger partial charge in [-0.1, -0.05) is 11.6 Å². The number of pyridine rings is 1. The Balaban J connectivity index is 2.41. The van der Waals surface area contributed by atoms with Gasteiger partial charge in [-0.25, -0.2) is 0 Å². The maximum atomic E-state index is 8.55. The van der Waals surface area contributed by atoms with Crippen LogP contribution < -0.4 is 0 Å². The second-order valence-corrected chi connectivity index (χ2v) is 3.08. The van der Waals surface area contributed by atoms with E-state index in [9.17, 15) is 0 Å². The Bertz CT molecular complexity index is 240. The van der Waals surface area contributed by atoms with E-state index >= 15 is 0 Å². The molecule has 12 heavy (non-hydrogen) atoms. The lowest BCUT2D eigenvalue weighted by atomic mass is 10.2. The summed E-state index contributed by atoms with van der Waals surface area (Å²) in [6.07, 6.45) is 4.38. The fourth-order valence-electron chi connectivity index (χ4n) is 1.00. The predicted octanol–water partition coefficient (Wildman–Crippen LogP) is 2.05. The summed E-state index contributed by atoms with van der Waals surface area (Å²) in [5, 5.41) is 9.28. The zero-order chi connectivity index (χ0) is 8.81. The van der Waals surface area contributed by atoms with Gasteiger partial charge in [0.1, 0.15) is 0 Å². The zero-order valence-corrected chi connectivity index (χ0v) is 7.59. The molecule has 1 aromatic rings. The van der Waals surface area contributed by atoms with Crippen LogP contribution in [0.2, 0.25) is 5.02 Å². The fourth-order valence-corrected chi connectivity index (χ4v) is 1.19. The quantitative estimate of drug-likeness (QED) is 0.729. The van der Waals surface area contributed by atoms with Gasteiger partial charge < -0.3 is 5.11 Å². The molecule has 0 saturated carbocycles. The first-order chi connectivity index (χ1) is 5.83. The van der Waals surface area contributed by atoms with Crippen LogP contribution in [-0.2, 0) is 6.42 Å². The van der Waals surface area contributed by atoms with Gasteiger partial charge in [-0.3, -0.25) is 4.98 Å². The van der Waals surface area contributed by atoms with Crippen LogP contribution in [0.1, 0.15) is 18.5 Å². The first kappa shape index (κ1) is 9.49. The van der Waals surface area contributed by atoms with E-state index in [1.165, 1.54) is 0 Å². The summed E-state index contributed by atoms with van der Waals surface area (Å²) in [4.78, 5) is 4.15. The van der Waals surface area contributed by atoms with E-state index < -0.39 is 0 Å². The molecule has 0 atom stereocenters. The third-order valence-electron chi connectivity index (χ3n) is 1.62. The van der Waals surface area contributed by atoms with Gasteiger partial charge in [0.25, 0.3) is 0 Å². The number of aryl methyl sites for hydroxylation is 1. The average molecular weight is 186 g/mol. The molecule has 3 heteroatoms. The van der Waals surface area contributed by atoms with Gasteiger partial charge in [0, 0.05) is 23.5 Å². The maximum absolute atomic E-state index is 8.55. The first-order valence-corrected chi connectivity index (χ1v) is 4.42. The van der Waals surface area contributed by atoms with E-state index in [-0.39, 0.29) is 6.61 Å². The smallest absolute Gasteiger partial charge is 0.0439 e. The number of aliphatic hydroxyl groups is 1. The lowest BCUT2D eigenvalue weighted by Crippen LogP contribution is -1.91. The van der Waals surface area contributed by atoms with Gasteiger partial charge in [0.2, 0.25) is 0 Å². The van der Waals surface area contributed by atoms with Crippen LogP contribution in [-0.4, -0.2) is 16.7 Å². The monoisotopic (exact) mass is 185 g/mol. The molecule has 0 radical (unpaired) electrons. The molecule has 1 heterocycles. The van der Waals surface area contributed by atoms with E-state index in [1.807, 2.05) is 6.07 Å². The largest absolute Gasteiger partial charge is 0.396 e. The molecule has 0 aromatic carbocycles. The molecule has 0 unspecified atom stereocenters. The molecule has 0 fully saturated rings. The summed E-state index contributed by atoms with van der Waals surface area (Å²) in [5.41, 5.74) is 0.996. The minimum Gasteiger partial charge on any atom is -0.396 e. The number of hydrogen-bond acceptors (Lipinski definition) is 2. The summed E-state index contributed by atoms with van der Waals surface area (Å²) in [6.45, 7) is 0.251. The lowest BCUT2D eigenvalue weighted by molar-refractivity contribution is 0.284. The topological polar surface area (TPSA) is 33.1 Å². The SMILES string of the molecule is OCCCCc1cc(Cl)ccn1. The van der Waals surface area contributed by atoms with Crippen LogP contribution in [0.3, 0.4) is 0 Å². The molecular weight excluding hydrogens is 174 g/mol. The van der Waals surface area contributed by atoms with Crippen molar-refractivity contribution in [2.75, 3.05) is 6.61 Å². The summed E-state index contributed by atoms with van der Waals surface area (Å²) >= 11 is 5.77. The molecule has 0 aliphatic carbocycles. The molecule has 66 valence electrons. The zero-order valence-electron chi connectivity index (χ0n) is 6.83. The summed E-state index contributed by atoms with van der Waals surface area (Å²) in [6, 6.07) is 3.62. The third-order valence-corrected chi connectivity index (χ3v) is 1.85. The molecular formula is C9H12ClNO. The van der Waals surface area contributed by atoms with Crippen LogP contribution in [0.4, 0.5) is 0 Å². The minimum absolute atomic E-state index is 0.251. The van der Waals surface area contributed by atoms with Crippen molar-refractivity contribution < 1.29 is 5.11 Å². The van der Waals surface area contributed by atoms with Crippen molar-refractivity contribution in [1.29, 1.82) is 0 Å². The van der Waals surface area contributed by atoms with E-state index in [0.29, 0.717) is 0 Å². The number of aliphatic hydroxyl groups excluding tert-OH is 1. The highest BCUT2D eigenvalue weighted by molar-refractivity contribution is 6.30. The van der Waals surface area contributed by atoms with E-state index in [4.69, 9.17) is 16.7 Å². The van der Waals surface area contributed by atoms with Gasteiger partial charge in [-0.15, -0.1) is 0 Å². The van der Waals surface area contributed by atoms with Crippen LogP contribution in [0.25, 0.3) is 0 Å². The maximum Gasteiger partial charge on any atom is 0.0439 e. The predicted molar refractivity (Wildman–Crippen MR) is 49.3 cm³/mol. The Morgan fingerprint density at radius 3 is 2.92 bits per heavy atom. The molecule has 0 spiro atoms. The molecule has 0 bridgehead atoms. The average Bonchev–Trinajstić information content (AvgIpc) is 2.05. The van der Waals surface area contributed by atoms with Crippen LogP contribution >= 0.6 is 11.6 Å². The fraction of sp³-hybridized carbons (Fsp3) is 0.444. The number of hydrogen-bond donors (Lipinski definition) is 1. The molecule has 0 amide bonds. The summed E-state index contributed by atoms with van der Waals surface area (Å²) < 4.78 is 0. The molecule has 0 aliphatic heterocycles. The minimum atomic E-state index is 0.251. The van der Waals surface area contributed by atoms with Crippen molar-refractivity contribution in [3.63, 3.8) is 0 Å². The second kappa shape index (κ2) is 5.12. The van der Waals surface area contributed by atoms with Gasteiger partial charge in [0.15, 0.2) is 0 Å². The highest BCUT2D eigenvalue weighted by atomic mass is 35.5. The Kier molecular flexibility index (Phi) is 4.05. The van der Waals surface area contributed by atoms with Gasteiger partial charge in [-0.2, -0.15) is 0 Å². The highest BCUT2D eigenvalue weighted by Gasteiger charge is 1.94. The number of rotatable bonds is 4. The van der Waals surface area contributed by atoms with Crippen molar-refractivity contribution in [3.05, 3.63) is 29.0 Å². The Labute approximate surface area is 77.2 Å². The van der Waals surface area contributed by atoms with Crippen molar-refractivity contribution in [2.45, 2.75) is 19.3 Å². The van der Waals surface area contributed by atoms with Crippen LogP contribution in [0, 0.1) is 0 Å². The number of aromatic nitrogens is 1. The van der Waals surface area contributed by atoms with E-state index in [1.54, 1.807) is 12.3 Å². The third kappa shape index (κ3) is 3.20. The Morgan fingerprint density at radius 2 is 2.25 bits per heavy atom. The van der Waals surface area contributed by atoms with Crippen molar-refractivity contribution in [2.24, 2.45) is 0 Å². The van der Waals surface area contributed by atoms with E-state index in [2.05, 4.69) is 4.98 Å². The standard InChI is InChI=1S/C9H12ClNO/c10-8-4-5-11-9(7-8)3-1-2-6-12/h4-5,7,12H,1-3,6H2. The number of unbranched alkanes of at least 4 members (excludes halogenated alkanes) is 1. The number of halogens is 1. The highest BCUT2D eigenvalue weighted by Crippen LogP contribution is 2.09.